The van der Waals surface area contributed by atoms with Crippen molar-refractivity contribution >= 4 is 5.91 Å². The number of rotatable bonds is 2. The highest BCUT2D eigenvalue weighted by Crippen LogP contribution is 2.34. The lowest BCUT2D eigenvalue weighted by atomic mass is 9.94. The van der Waals surface area contributed by atoms with Crippen LogP contribution in [0.1, 0.15) is 33.1 Å². The Morgan fingerprint density at radius 1 is 1.50 bits per heavy atom. The monoisotopic (exact) mass is 221 g/mol. The standard InChI is InChI=1S/C12H19N3O/c1-12(2)8-15(9-4-5-9)11(16)10(6-7-13)14(12)3/h9-10H,4-6,8H2,1-3H3. The first-order valence-corrected chi connectivity index (χ1v) is 5.88. The van der Waals surface area contributed by atoms with Gasteiger partial charge in [0.2, 0.25) is 5.91 Å². The molecule has 1 amide bonds. The van der Waals surface area contributed by atoms with Crippen LogP contribution in [0.4, 0.5) is 0 Å². The SMILES string of the molecule is CN1C(CC#N)C(=O)N(C2CC2)CC1(C)C. The van der Waals surface area contributed by atoms with Crippen LogP contribution in [0.15, 0.2) is 0 Å². The molecule has 2 aliphatic rings. The third kappa shape index (κ3) is 1.80. The van der Waals surface area contributed by atoms with Crippen LogP contribution in [0.5, 0.6) is 0 Å². The zero-order valence-electron chi connectivity index (χ0n) is 10.2. The molecular formula is C12H19N3O. The molecule has 1 atom stereocenters. The van der Waals surface area contributed by atoms with E-state index in [-0.39, 0.29) is 17.5 Å². The Bertz CT molecular complexity index is 341. The van der Waals surface area contributed by atoms with Gasteiger partial charge in [-0.3, -0.25) is 9.69 Å². The number of hydrogen-bond acceptors (Lipinski definition) is 3. The Labute approximate surface area is 96.8 Å². The maximum Gasteiger partial charge on any atom is 0.241 e. The minimum absolute atomic E-state index is 0.0297. The van der Waals surface area contributed by atoms with E-state index in [2.05, 4.69) is 24.8 Å². The molecule has 16 heavy (non-hydrogen) atoms. The van der Waals surface area contributed by atoms with E-state index in [1.165, 1.54) is 0 Å². The molecule has 0 aromatic rings. The minimum atomic E-state index is -0.255. The van der Waals surface area contributed by atoms with Gasteiger partial charge in [0.15, 0.2) is 0 Å². The number of carbonyl (C=O) groups is 1. The van der Waals surface area contributed by atoms with E-state index < -0.39 is 0 Å². The van der Waals surface area contributed by atoms with E-state index in [0.717, 1.165) is 19.4 Å². The summed E-state index contributed by atoms with van der Waals surface area (Å²) in [6, 6.07) is 2.32. The fourth-order valence-corrected chi connectivity index (χ4v) is 2.39. The van der Waals surface area contributed by atoms with Crippen LogP contribution in [0.25, 0.3) is 0 Å². The first kappa shape index (κ1) is 11.4. The molecule has 2 fully saturated rings. The van der Waals surface area contributed by atoms with Crippen molar-refractivity contribution in [1.29, 1.82) is 5.26 Å². The molecule has 1 heterocycles. The van der Waals surface area contributed by atoms with Gasteiger partial charge >= 0.3 is 0 Å². The molecule has 1 saturated carbocycles. The van der Waals surface area contributed by atoms with E-state index in [9.17, 15) is 4.79 Å². The van der Waals surface area contributed by atoms with Gasteiger partial charge in [0.05, 0.1) is 12.5 Å². The van der Waals surface area contributed by atoms with Crippen molar-refractivity contribution in [1.82, 2.24) is 9.80 Å². The number of amides is 1. The molecule has 0 spiro atoms. The summed E-state index contributed by atoms with van der Waals surface area (Å²) in [5.74, 6) is 0.144. The molecule has 2 rings (SSSR count). The van der Waals surface area contributed by atoms with Gasteiger partial charge in [0.1, 0.15) is 6.04 Å². The quantitative estimate of drug-likeness (QED) is 0.698. The van der Waals surface area contributed by atoms with E-state index in [1.807, 2.05) is 11.9 Å². The number of nitrogens with zero attached hydrogens (tertiary/aromatic N) is 3. The lowest BCUT2D eigenvalue weighted by molar-refractivity contribution is -0.148. The van der Waals surface area contributed by atoms with Crippen LogP contribution in [-0.2, 0) is 4.79 Å². The molecule has 88 valence electrons. The predicted octanol–water partition coefficient (Wildman–Crippen LogP) is 0.984. The van der Waals surface area contributed by atoms with Gasteiger partial charge in [-0.15, -0.1) is 0 Å². The highest BCUT2D eigenvalue weighted by molar-refractivity contribution is 5.84. The Kier molecular flexibility index (Phi) is 2.67. The average molecular weight is 221 g/mol. The lowest BCUT2D eigenvalue weighted by Gasteiger charge is -2.49. The second-order valence-electron chi connectivity index (χ2n) is 5.50. The average Bonchev–Trinajstić information content (AvgIpc) is 3.02. The van der Waals surface area contributed by atoms with E-state index in [1.54, 1.807) is 0 Å². The number of carbonyl (C=O) groups excluding carboxylic acids is 1. The number of likely N-dealkylation sites (N-methyl/N-ethyl adjacent to an activating group) is 1. The fraction of sp³-hybridized carbons (Fsp3) is 0.833. The summed E-state index contributed by atoms with van der Waals surface area (Å²) in [7, 11) is 1.95. The summed E-state index contributed by atoms with van der Waals surface area (Å²) >= 11 is 0. The van der Waals surface area contributed by atoms with Crippen molar-refractivity contribution in [2.24, 2.45) is 0 Å². The number of nitriles is 1. The first-order valence-electron chi connectivity index (χ1n) is 5.88. The van der Waals surface area contributed by atoms with Crippen molar-refractivity contribution in [3.8, 4) is 6.07 Å². The first-order chi connectivity index (χ1) is 7.47. The highest BCUT2D eigenvalue weighted by atomic mass is 16.2. The van der Waals surface area contributed by atoms with Crippen LogP contribution in [0.3, 0.4) is 0 Å². The molecule has 0 radical (unpaired) electrons. The second-order valence-corrected chi connectivity index (χ2v) is 5.50. The van der Waals surface area contributed by atoms with Gasteiger partial charge in [-0.25, -0.2) is 0 Å². The predicted molar refractivity (Wildman–Crippen MR) is 60.6 cm³/mol. The van der Waals surface area contributed by atoms with Gasteiger partial charge in [-0.2, -0.15) is 5.26 Å². The Morgan fingerprint density at radius 2 is 2.12 bits per heavy atom. The molecule has 0 bridgehead atoms. The zero-order chi connectivity index (χ0) is 11.9. The summed E-state index contributed by atoms with van der Waals surface area (Å²) in [5, 5.41) is 8.82. The maximum atomic E-state index is 12.2. The number of hydrogen-bond donors (Lipinski definition) is 0. The Morgan fingerprint density at radius 3 is 2.62 bits per heavy atom. The van der Waals surface area contributed by atoms with Crippen LogP contribution in [-0.4, -0.2) is 46.9 Å². The third-order valence-electron chi connectivity index (χ3n) is 3.82. The zero-order valence-corrected chi connectivity index (χ0v) is 10.2. The Hall–Kier alpha value is -1.08. The third-order valence-corrected chi connectivity index (χ3v) is 3.82. The van der Waals surface area contributed by atoms with Crippen LogP contribution in [0, 0.1) is 11.3 Å². The van der Waals surface area contributed by atoms with E-state index in [4.69, 9.17) is 5.26 Å². The lowest BCUT2D eigenvalue weighted by Crippen LogP contribution is -2.65. The van der Waals surface area contributed by atoms with Gasteiger partial charge in [-0.05, 0) is 33.7 Å². The van der Waals surface area contributed by atoms with Gasteiger partial charge in [0.25, 0.3) is 0 Å². The summed E-state index contributed by atoms with van der Waals surface area (Å²) < 4.78 is 0. The molecule has 1 saturated heterocycles. The van der Waals surface area contributed by atoms with Gasteiger partial charge in [0, 0.05) is 18.1 Å². The largest absolute Gasteiger partial charge is 0.336 e. The van der Waals surface area contributed by atoms with Crippen LogP contribution >= 0.6 is 0 Å². The van der Waals surface area contributed by atoms with E-state index in [0.29, 0.717) is 12.5 Å². The number of piperazine rings is 1. The van der Waals surface area contributed by atoms with Crippen molar-refractivity contribution < 1.29 is 4.79 Å². The van der Waals surface area contributed by atoms with E-state index >= 15 is 0 Å². The maximum absolute atomic E-state index is 12.2. The molecule has 4 nitrogen and oxygen atoms in total. The van der Waals surface area contributed by atoms with Crippen molar-refractivity contribution in [2.45, 2.75) is 50.7 Å². The summed E-state index contributed by atoms with van der Waals surface area (Å²) in [6.45, 7) is 5.06. The summed E-state index contributed by atoms with van der Waals surface area (Å²) in [6.07, 6.45) is 2.55. The summed E-state index contributed by atoms with van der Waals surface area (Å²) in [4.78, 5) is 16.3. The molecular weight excluding hydrogens is 202 g/mol. The fourth-order valence-electron chi connectivity index (χ4n) is 2.39. The van der Waals surface area contributed by atoms with Crippen LogP contribution < -0.4 is 0 Å². The molecule has 4 heteroatoms. The molecule has 1 aliphatic carbocycles. The second kappa shape index (κ2) is 3.74. The smallest absolute Gasteiger partial charge is 0.241 e. The van der Waals surface area contributed by atoms with Gasteiger partial charge < -0.3 is 4.90 Å². The Balaban J connectivity index is 2.21. The molecule has 1 aliphatic heterocycles. The molecule has 0 aromatic carbocycles. The minimum Gasteiger partial charge on any atom is -0.336 e. The van der Waals surface area contributed by atoms with Crippen molar-refractivity contribution in [2.75, 3.05) is 13.6 Å². The summed E-state index contributed by atoms with van der Waals surface area (Å²) in [5.41, 5.74) is -0.0297. The topological polar surface area (TPSA) is 47.3 Å². The van der Waals surface area contributed by atoms with Crippen LogP contribution in [0.2, 0.25) is 0 Å². The normalized spacial score (nSPS) is 30.2. The van der Waals surface area contributed by atoms with Crippen molar-refractivity contribution in [3.05, 3.63) is 0 Å². The van der Waals surface area contributed by atoms with Gasteiger partial charge in [-0.1, -0.05) is 0 Å². The molecule has 0 aromatic heterocycles. The van der Waals surface area contributed by atoms with Crippen molar-refractivity contribution in [3.63, 3.8) is 0 Å². The highest BCUT2D eigenvalue weighted by Gasteiger charge is 2.47. The molecule has 1 unspecified atom stereocenters. The molecule has 0 N–H and O–H groups in total.